The average Bonchev–Trinajstić information content (AvgIpc) is 2.40. The van der Waals surface area contributed by atoms with Crippen LogP contribution in [0.15, 0.2) is 24.3 Å². The molecule has 1 fully saturated rings. The summed E-state index contributed by atoms with van der Waals surface area (Å²) >= 11 is 0. The summed E-state index contributed by atoms with van der Waals surface area (Å²) < 4.78 is 10.1. The normalized spacial score (nSPS) is 20.9. The molecule has 0 radical (unpaired) electrons. The molecule has 0 bridgehead atoms. The Morgan fingerprint density at radius 1 is 1.30 bits per heavy atom. The van der Waals surface area contributed by atoms with Crippen molar-refractivity contribution >= 4 is 11.9 Å². The van der Waals surface area contributed by atoms with E-state index in [1.54, 1.807) is 31.4 Å². The number of carbonyl (C=O) groups is 2. The molecule has 1 aliphatic rings. The number of rotatable bonds is 6. The molecule has 1 amide bonds. The molecule has 0 aliphatic heterocycles. The molecular weight excluding hydrogens is 262 g/mol. The predicted molar refractivity (Wildman–Crippen MR) is 70.9 cm³/mol. The van der Waals surface area contributed by atoms with Crippen LogP contribution < -0.4 is 10.1 Å². The summed E-state index contributed by atoms with van der Waals surface area (Å²) in [6.07, 6.45) is 1.91. The molecule has 20 heavy (non-hydrogen) atoms. The fourth-order valence-corrected chi connectivity index (χ4v) is 1.99. The minimum Gasteiger partial charge on any atom is -0.482 e. The van der Waals surface area contributed by atoms with E-state index in [4.69, 9.17) is 14.6 Å². The molecule has 0 atom stereocenters. The molecule has 6 heteroatoms. The Hall–Kier alpha value is -2.08. The second kappa shape index (κ2) is 6.38. The zero-order valence-electron chi connectivity index (χ0n) is 11.2. The Morgan fingerprint density at radius 3 is 2.50 bits per heavy atom. The second-order valence-electron chi connectivity index (χ2n) is 4.71. The predicted octanol–water partition coefficient (Wildman–Crippen LogP) is 1.06. The van der Waals surface area contributed by atoms with Crippen molar-refractivity contribution in [3.8, 4) is 5.75 Å². The highest BCUT2D eigenvalue weighted by Crippen LogP contribution is 2.23. The molecule has 1 aromatic rings. The standard InChI is InChI=1S/C14H17NO5/c1-19-12-6-10(7-12)15-14(18)9-2-4-11(5-3-9)20-8-13(16)17/h2-5,10,12H,6-8H2,1H3,(H,15,18)(H,16,17). The zero-order chi connectivity index (χ0) is 14.5. The fourth-order valence-electron chi connectivity index (χ4n) is 1.99. The minimum absolute atomic E-state index is 0.144. The summed E-state index contributed by atoms with van der Waals surface area (Å²) in [5.74, 6) is -0.758. The molecule has 6 nitrogen and oxygen atoms in total. The van der Waals surface area contributed by atoms with Crippen LogP contribution in [-0.4, -0.2) is 42.8 Å². The van der Waals surface area contributed by atoms with E-state index in [2.05, 4.69) is 5.32 Å². The van der Waals surface area contributed by atoms with E-state index in [-0.39, 0.29) is 18.1 Å². The first-order valence-electron chi connectivity index (χ1n) is 6.37. The number of methoxy groups -OCH3 is 1. The Morgan fingerprint density at radius 2 is 1.95 bits per heavy atom. The Balaban J connectivity index is 1.83. The van der Waals surface area contributed by atoms with Gasteiger partial charge < -0.3 is 19.9 Å². The van der Waals surface area contributed by atoms with Gasteiger partial charge in [-0.1, -0.05) is 0 Å². The van der Waals surface area contributed by atoms with Crippen molar-refractivity contribution in [2.45, 2.75) is 25.0 Å². The summed E-state index contributed by atoms with van der Waals surface area (Å²) in [5.41, 5.74) is 0.522. The van der Waals surface area contributed by atoms with Gasteiger partial charge in [0.2, 0.25) is 0 Å². The lowest BCUT2D eigenvalue weighted by Crippen LogP contribution is -2.47. The van der Waals surface area contributed by atoms with Gasteiger partial charge in [-0.15, -0.1) is 0 Å². The van der Waals surface area contributed by atoms with Crippen LogP contribution in [0.3, 0.4) is 0 Å². The van der Waals surface area contributed by atoms with Gasteiger partial charge in [-0.2, -0.15) is 0 Å². The van der Waals surface area contributed by atoms with Crippen LogP contribution in [0.2, 0.25) is 0 Å². The number of nitrogens with one attached hydrogen (secondary N) is 1. The summed E-state index contributed by atoms with van der Waals surface area (Å²) in [6, 6.07) is 6.54. The SMILES string of the molecule is COC1CC(NC(=O)c2ccc(OCC(=O)O)cc2)C1. The van der Waals surface area contributed by atoms with Crippen molar-refractivity contribution in [2.75, 3.05) is 13.7 Å². The fraction of sp³-hybridized carbons (Fsp3) is 0.429. The third-order valence-electron chi connectivity index (χ3n) is 3.24. The number of amides is 1. The van der Waals surface area contributed by atoms with Crippen LogP contribution in [0.25, 0.3) is 0 Å². The third-order valence-corrected chi connectivity index (χ3v) is 3.24. The van der Waals surface area contributed by atoms with Gasteiger partial charge in [-0.05, 0) is 37.1 Å². The number of benzene rings is 1. The zero-order valence-corrected chi connectivity index (χ0v) is 11.2. The van der Waals surface area contributed by atoms with Gasteiger partial charge in [0, 0.05) is 18.7 Å². The van der Waals surface area contributed by atoms with E-state index in [9.17, 15) is 9.59 Å². The van der Waals surface area contributed by atoms with Gasteiger partial charge in [0.15, 0.2) is 6.61 Å². The number of hydrogen-bond donors (Lipinski definition) is 2. The highest BCUT2D eigenvalue weighted by atomic mass is 16.5. The molecule has 108 valence electrons. The number of hydrogen-bond acceptors (Lipinski definition) is 4. The summed E-state index contributed by atoms with van der Waals surface area (Å²) in [7, 11) is 1.67. The van der Waals surface area contributed by atoms with Gasteiger partial charge in [0.05, 0.1) is 6.10 Å². The first-order chi connectivity index (χ1) is 9.58. The second-order valence-corrected chi connectivity index (χ2v) is 4.71. The van der Waals surface area contributed by atoms with Gasteiger partial charge >= 0.3 is 5.97 Å². The van der Waals surface area contributed by atoms with E-state index in [1.165, 1.54) is 0 Å². The van der Waals surface area contributed by atoms with Gasteiger partial charge in [0.1, 0.15) is 5.75 Å². The van der Waals surface area contributed by atoms with Crippen LogP contribution in [0.1, 0.15) is 23.2 Å². The summed E-state index contributed by atoms with van der Waals surface area (Å²) in [5, 5.41) is 11.4. The smallest absolute Gasteiger partial charge is 0.341 e. The molecule has 0 aromatic heterocycles. The molecule has 1 aliphatic carbocycles. The number of carboxylic acid groups (broad SMARTS) is 1. The van der Waals surface area contributed by atoms with Crippen LogP contribution in [0.5, 0.6) is 5.75 Å². The maximum absolute atomic E-state index is 11.9. The maximum Gasteiger partial charge on any atom is 0.341 e. The van der Waals surface area contributed by atoms with Crippen molar-refractivity contribution in [2.24, 2.45) is 0 Å². The van der Waals surface area contributed by atoms with Gasteiger partial charge in [-0.3, -0.25) is 4.79 Å². The Bertz CT molecular complexity index is 479. The maximum atomic E-state index is 11.9. The molecule has 2 N–H and O–H groups in total. The molecule has 0 heterocycles. The number of carboxylic acids is 1. The first-order valence-corrected chi connectivity index (χ1v) is 6.37. The van der Waals surface area contributed by atoms with Crippen LogP contribution in [0, 0.1) is 0 Å². The lowest BCUT2D eigenvalue weighted by molar-refractivity contribution is -0.139. The van der Waals surface area contributed by atoms with Crippen LogP contribution >= 0.6 is 0 Å². The van der Waals surface area contributed by atoms with Gasteiger partial charge in [0.25, 0.3) is 5.91 Å². The third kappa shape index (κ3) is 3.71. The molecule has 0 unspecified atom stereocenters. The van der Waals surface area contributed by atoms with E-state index >= 15 is 0 Å². The quantitative estimate of drug-likeness (QED) is 0.813. The van der Waals surface area contributed by atoms with Crippen molar-refractivity contribution in [1.29, 1.82) is 0 Å². The molecular formula is C14H17NO5. The minimum atomic E-state index is -1.04. The highest BCUT2D eigenvalue weighted by molar-refractivity contribution is 5.94. The molecule has 0 saturated heterocycles. The van der Waals surface area contributed by atoms with Crippen molar-refractivity contribution < 1.29 is 24.2 Å². The van der Waals surface area contributed by atoms with Crippen molar-refractivity contribution in [1.82, 2.24) is 5.32 Å². The topological polar surface area (TPSA) is 84.9 Å². The Labute approximate surface area is 116 Å². The number of ether oxygens (including phenoxy) is 2. The van der Waals surface area contributed by atoms with E-state index < -0.39 is 12.6 Å². The average molecular weight is 279 g/mol. The number of carbonyl (C=O) groups excluding carboxylic acids is 1. The largest absolute Gasteiger partial charge is 0.482 e. The van der Waals surface area contributed by atoms with Crippen molar-refractivity contribution in [3.05, 3.63) is 29.8 Å². The lowest BCUT2D eigenvalue weighted by Gasteiger charge is -2.34. The van der Waals surface area contributed by atoms with Crippen molar-refractivity contribution in [3.63, 3.8) is 0 Å². The monoisotopic (exact) mass is 279 g/mol. The summed E-state index contributed by atoms with van der Waals surface area (Å²) in [6.45, 7) is -0.397. The van der Waals surface area contributed by atoms with Gasteiger partial charge in [-0.25, -0.2) is 4.79 Å². The highest BCUT2D eigenvalue weighted by Gasteiger charge is 2.30. The van der Waals surface area contributed by atoms with E-state index in [1.807, 2.05) is 0 Å². The number of aliphatic carboxylic acids is 1. The molecule has 0 spiro atoms. The first kappa shape index (κ1) is 14.3. The van der Waals surface area contributed by atoms with E-state index in [0.717, 1.165) is 12.8 Å². The summed E-state index contributed by atoms with van der Waals surface area (Å²) in [4.78, 5) is 22.3. The molecule has 1 aromatic carbocycles. The molecule has 2 rings (SSSR count). The van der Waals surface area contributed by atoms with E-state index in [0.29, 0.717) is 11.3 Å². The van der Waals surface area contributed by atoms with Crippen LogP contribution in [-0.2, 0) is 9.53 Å². The molecule has 1 saturated carbocycles. The van der Waals surface area contributed by atoms with Crippen LogP contribution in [0.4, 0.5) is 0 Å². The lowest BCUT2D eigenvalue weighted by atomic mass is 9.89. The Kier molecular flexibility index (Phi) is 4.57.